The predicted octanol–water partition coefficient (Wildman–Crippen LogP) is 0.786. The minimum absolute atomic E-state index is 0.0175. The smallest absolute Gasteiger partial charge is 0.246 e. The largest absolute Gasteiger partial charge is 0.383 e. The third kappa shape index (κ3) is 1.94. The number of ether oxygens (including phenoxy) is 1. The van der Waals surface area contributed by atoms with Gasteiger partial charge in [-0.25, -0.2) is 0 Å². The Bertz CT molecular complexity index is 448. The number of likely N-dealkylation sites (tertiary alicyclic amines) is 1. The fraction of sp³-hybridized carbons (Fsp3) is 0.867. The highest BCUT2D eigenvalue weighted by Gasteiger charge is 2.70. The Balaban J connectivity index is 1.67. The molecule has 5 heteroatoms. The first-order valence-electron chi connectivity index (χ1n) is 7.52. The van der Waals surface area contributed by atoms with Gasteiger partial charge in [-0.1, -0.05) is 13.8 Å². The number of piperidine rings is 1. The average molecular weight is 280 g/mol. The van der Waals surface area contributed by atoms with E-state index in [1.165, 1.54) is 0 Å². The first-order chi connectivity index (χ1) is 9.43. The number of carbonyl (C=O) groups is 2. The van der Waals surface area contributed by atoms with Gasteiger partial charge in [-0.15, -0.1) is 0 Å². The van der Waals surface area contributed by atoms with Gasteiger partial charge in [-0.05, 0) is 30.6 Å². The second-order valence-corrected chi connectivity index (χ2v) is 7.10. The zero-order valence-corrected chi connectivity index (χ0v) is 12.6. The van der Waals surface area contributed by atoms with E-state index in [-0.39, 0.29) is 23.1 Å². The molecule has 1 N–H and O–H groups in total. The summed E-state index contributed by atoms with van der Waals surface area (Å²) in [5.41, 5.74) is -0.402. The Morgan fingerprint density at radius 2 is 2.05 bits per heavy atom. The topological polar surface area (TPSA) is 58.6 Å². The van der Waals surface area contributed by atoms with Crippen LogP contribution < -0.4 is 5.32 Å². The summed E-state index contributed by atoms with van der Waals surface area (Å²) < 4.78 is 4.96. The number of carbonyl (C=O) groups excluding carboxylic acids is 2. The zero-order chi connectivity index (χ0) is 14.5. The molecule has 20 heavy (non-hydrogen) atoms. The summed E-state index contributed by atoms with van der Waals surface area (Å²) in [5, 5.41) is 2.91. The number of fused-ring (bicyclic) bond motifs is 1. The third-order valence-corrected chi connectivity index (χ3v) is 5.32. The zero-order valence-electron chi connectivity index (χ0n) is 12.6. The summed E-state index contributed by atoms with van der Waals surface area (Å²) >= 11 is 0. The van der Waals surface area contributed by atoms with Crippen LogP contribution in [-0.4, -0.2) is 49.1 Å². The van der Waals surface area contributed by atoms with Gasteiger partial charge in [-0.2, -0.15) is 0 Å². The lowest BCUT2D eigenvalue weighted by Gasteiger charge is -2.28. The molecule has 0 aromatic rings. The predicted molar refractivity (Wildman–Crippen MR) is 73.9 cm³/mol. The molecule has 3 unspecified atom stereocenters. The highest BCUT2D eigenvalue weighted by atomic mass is 16.5. The van der Waals surface area contributed by atoms with Crippen LogP contribution in [0.15, 0.2) is 0 Å². The second kappa shape index (κ2) is 4.45. The molecule has 0 bridgehead atoms. The maximum Gasteiger partial charge on any atom is 0.246 e. The van der Waals surface area contributed by atoms with E-state index in [9.17, 15) is 9.59 Å². The SMILES string of the molecule is COCCNC(=O)C12CC1CCN2C(=O)C1CC1(C)C. The van der Waals surface area contributed by atoms with Crippen molar-refractivity contribution < 1.29 is 14.3 Å². The molecule has 0 aromatic carbocycles. The Morgan fingerprint density at radius 3 is 2.60 bits per heavy atom. The highest BCUT2D eigenvalue weighted by molar-refractivity contribution is 5.97. The van der Waals surface area contributed by atoms with Crippen molar-refractivity contribution in [2.45, 2.75) is 38.6 Å². The Kier molecular flexibility index (Phi) is 3.08. The molecule has 2 aliphatic carbocycles. The van der Waals surface area contributed by atoms with E-state index in [1.54, 1.807) is 7.11 Å². The molecule has 5 nitrogen and oxygen atoms in total. The molecule has 3 fully saturated rings. The van der Waals surface area contributed by atoms with Gasteiger partial charge in [0.2, 0.25) is 11.8 Å². The summed E-state index contributed by atoms with van der Waals surface area (Å²) in [4.78, 5) is 26.9. The molecular weight excluding hydrogens is 256 g/mol. The average Bonchev–Trinajstić information content (AvgIpc) is 3.24. The number of amides is 2. The number of methoxy groups -OCH3 is 1. The number of rotatable bonds is 5. The molecule has 3 aliphatic rings. The van der Waals surface area contributed by atoms with E-state index in [4.69, 9.17) is 4.74 Å². The molecule has 3 atom stereocenters. The van der Waals surface area contributed by atoms with Crippen LogP contribution in [0.3, 0.4) is 0 Å². The molecule has 1 heterocycles. The molecular formula is C15H24N2O3. The highest BCUT2D eigenvalue weighted by Crippen LogP contribution is 2.59. The van der Waals surface area contributed by atoms with Gasteiger partial charge in [0.1, 0.15) is 5.54 Å². The normalized spacial score (nSPS) is 36.5. The van der Waals surface area contributed by atoms with Crippen molar-refractivity contribution in [2.75, 3.05) is 26.8 Å². The quantitative estimate of drug-likeness (QED) is 0.757. The van der Waals surface area contributed by atoms with Gasteiger partial charge >= 0.3 is 0 Å². The number of nitrogens with one attached hydrogen (secondary N) is 1. The lowest BCUT2D eigenvalue weighted by Crippen LogP contribution is -2.51. The van der Waals surface area contributed by atoms with Crippen LogP contribution in [0.25, 0.3) is 0 Å². The summed E-state index contributed by atoms with van der Waals surface area (Å²) in [7, 11) is 1.62. The van der Waals surface area contributed by atoms with E-state index >= 15 is 0 Å². The molecule has 3 rings (SSSR count). The lowest BCUT2D eigenvalue weighted by atomic mass is 10.1. The van der Waals surface area contributed by atoms with E-state index in [2.05, 4.69) is 19.2 Å². The fourth-order valence-corrected chi connectivity index (χ4v) is 3.68. The molecule has 112 valence electrons. The standard InChI is InChI=1S/C15H24N2O3/c1-14(2)9-11(14)12(18)17-6-4-10-8-15(10,17)13(19)16-5-7-20-3/h10-11H,4-9H2,1-3H3,(H,16,19). The van der Waals surface area contributed by atoms with Crippen molar-refractivity contribution in [3.63, 3.8) is 0 Å². The van der Waals surface area contributed by atoms with E-state index in [0.29, 0.717) is 19.1 Å². The molecule has 0 radical (unpaired) electrons. The molecule has 0 spiro atoms. The van der Waals surface area contributed by atoms with Gasteiger partial charge in [0.15, 0.2) is 0 Å². The van der Waals surface area contributed by atoms with Crippen molar-refractivity contribution in [3.05, 3.63) is 0 Å². The van der Waals surface area contributed by atoms with Gasteiger partial charge in [0.05, 0.1) is 6.61 Å². The number of hydrogen-bond donors (Lipinski definition) is 1. The first kappa shape index (κ1) is 13.9. The Morgan fingerprint density at radius 1 is 1.35 bits per heavy atom. The second-order valence-electron chi connectivity index (χ2n) is 7.10. The Labute approximate surface area is 120 Å². The number of hydrogen-bond acceptors (Lipinski definition) is 3. The van der Waals surface area contributed by atoms with Crippen molar-refractivity contribution >= 4 is 11.8 Å². The monoisotopic (exact) mass is 280 g/mol. The van der Waals surface area contributed by atoms with Gasteiger partial charge < -0.3 is 15.0 Å². The van der Waals surface area contributed by atoms with E-state index in [0.717, 1.165) is 25.8 Å². The maximum atomic E-state index is 12.6. The van der Waals surface area contributed by atoms with Crippen molar-refractivity contribution in [1.29, 1.82) is 0 Å². The lowest BCUT2D eigenvalue weighted by molar-refractivity contribution is -0.142. The van der Waals surface area contributed by atoms with Crippen molar-refractivity contribution in [3.8, 4) is 0 Å². The molecule has 2 saturated carbocycles. The van der Waals surface area contributed by atoms with E-state index in [1.807, 2.05) is 4.90 Å². The number of nitrogens with zero attached hydrogens (tertiary/aromatic N) is 1. The van der Waals surface area contributed by atoms with E-state index < -0.39 is 5.54 Å². The van der Waals surface area contributed by atoms with Crippen molar-refractivity contribution in [1.82, 2.24) is 10.2 Å². The molecule has 1 aliphatic heterocycles. The first-order valence-corrected chi connectivity index (χ1v) is 7.52. The van der Waals surface area contributed by atoms with Gasteiger partial charge in [0, 0.05) is 26.1 Å². The van der Waals surface area contributed by atoms with Gasteiger partial charge in [0.25, 0.3) is 0 Å². The van der Waals surface area contributed by atoms with Crippen molar-refractivity contribution in [2.24, 2.45) is 17.3 Å². The van der Waals surface area contributed by atoms with Gasteiger partial charge in [-0.3, -0.25) is 9.59 Å². The minimum atomic E-state index is -0.524. The summed E-state index contributed by atoms with van der Waals surface area (Å²) in [6.45, 7) is 6.02. The third-order valence-electron chi connectivity index (χ3n) is 5.32. The van der Waals surface area contributed by atoms with Crippen LogP contribution in [0.5, 0.6) is 0 Å². The minimum Gasteiger partial charge on any atom is -0.383 e. The molecule has 2 amide bonds. The van der Waals surface area contributed by atoms with Crippen LogP contribution in [0.2, 0.25) is 0 Å². The van der Waals surface area contributed by atoms with Crippen LogP contribution in [0, 0.1) is 17.3 Å². The van der Waals surface area contributed by atoms with Crippen LogP contribution in [-0.2, 0) is 14.3 Å². The summed E-state index contributed by atoms with van der Waals surface area (Å²) in [5.74, 6) is 0.696. The van der Waals surface area contributed by atoms with Crippen LogP contribution >= 0.6 is 0 Å². The molecule has 0 aromatic heterocycles. The van der Waals surface area contributed by atoms with Crippen LogP contribution in [0.4, 0.5) is 0 Å². The fourth-order valence-electron chi connectivity index (χ4n) is 3.68. The maximum absolute atomic E-state index is 12.6. The summed E-state index contributed by atoms with van der Waals surface area (Å²) in [6.07, 6.45) is 2.76. The summed E-state index contributed by atoms with van der Waals surface area (Å²) in [6, 6.07) is 0. The molecule has 1 saturated heterocycles. The Hall–Kier alpha value is -1.10. The van der Waals surface area contributed by atoms with Crippen LogP contribution in [0.1, 0.15) is 33.1 Å².